The maximum absolute atomic E-state index is 9.45. The van der Waals surface area contributed by atoms with Gasteiger partial charge in [-0.3, -0.25) is 0 Å². The van der Waals surface area contributed by atoms with Crippen molar-refractivity contribution in [3.8, 4) is 0 Å². The van der Waals surface area contributed by atoms with Crippen LogP contribution in [0.25, 0.3) is 0 Å². The molecule has 1 saturated heterocycles. The van der Waals surface area contributed by atoms with Crippen LogP contribution in [0.2, 0.25) is 0 Å². The van der Waals surface area contributed by atoms with Crippen LogP contribution < -0.4 is 0 Å². The summed E-state index contributed by atoms with van der Waals surface area (Å²) in [7, 11) is 1.32. The van der Waals surface area contributed by atoms with Crippen LogP contribution in [0.15, 0.2) is 0 Å². The lowest BCUT2D eigenvalue weighted by molar-refractivity contribution is -0.173. The zero-order valence-corrected chi connectivity index (χ0v) is 8.07. The highest BCUT2D eigenvalue weighted by Gasteiger charge is 2.47. The summed E-state index contributed by atoms with van der Waals surface area (Å²) in [5.41, 5.74) is 0. The van der Waals surface area contributed by atoms with E-state index in [0.29, 0.717) is 0 Å². The van der Waals surface area contributed by atoms with E-state index in [0.717, 1.165) is 0 Å². The van der Waals surface area contributed by atoms with Gasteiger partial charge < -0.3 is 29.9 Å². The van der Waals surface area contributed by atoms with E-state index < -0.39 is 36.8 Å². The first kappa shape index (κ1) is 11.8. The summed E-state index contributed by atoms with van der Waals surface area (Å²) in [6, 6.07) is 0. The predicted octanol–water partition coefficient (Wildman–Crippen LogP) is -2.18. The Bertz CT molecular complexity index is 185. The van der Waals surface area contributed by atoms with E-state index in [1.165, 1.54) is 14.0 Å². The quantitative estimate of drug-likeness (QED) is 0.421. The molecule has 4 N–H and O–H groups in total. The van der Waals surface area contributed by atoms with Gasteiger partial charge in [0.15, 0.2) is 6.29 Å². The van der Waals surface area contributed by atoms with E-state index in [1.807, 2.05) is 0 Å². The minimum absolute atomic E-state index is 0.969. The normalized spacial score (nSPS) is 42.4. The summed E-state index contributed by atoms with van der Waals surface area (Å²) in [4.78, 5) is 0. The van der Waals surface area contributed by atoms with Crippen LogP contribution in [0.1, 0.15) is 6.92 Å². The molecule has 14 heavy (non-hydrogen) atoms. The Hall–Kier alpha value is -0.240. The van der Waals surface area contributed by atoms with Crippen molar-refractivity contribution in [3.63, 3.8) is 0 Å². The number of ether oxygens (including phenoxy) is 2. The van der Waals surface area contributed by atoms with Crippen molar-refractivity contribution in [1.29, 1.82) is 0 Å². The van der Waals surface area contributed by atoms with E-state index in [9.17, 15) is 15.3 Å². The molecule has 1 aliphatic heterocycles. The summed E-state index contributed by atoms with van der Waals surface area (Å²) in [6.07, 6.45) is -6.77. The second-order valence-corrected chi connectivity index (χ2v) is 3.42. The van der Waals surface area contributed by atoms with Crippen molar-refractivity contribution >= 4 is 0 Å². The molecule has 6 atom stereocenters. The van der Waals surface area contributed by atoms with Gasteiger partial charge in [-0.2, -0.15) is 0 Å². The van der Waals surface area contributed by atoms with E-state index in [2.05, 4.69) is 0 Å². The summed E-state index contributed by atoms with van der Waals surface area (Å²) in [6.45, 7) is 1.37. The lowest BCUT2D eigenvalue weighted by Gasteiger charge is -2.22. The second-order valence-electron chi connectivity index (χ2n) is 3.42. The fraction of sp³-hybridized carbons (Fsp3) is 1.00. The first-order valence-corrected chi connectivity index (χ1v) is 4.39. The number of hydrogen-bond donors (Lipinski definition) is 4. The van der Waals surface area contributed by atoms with Gasteiger partial charge in [-0.25, -0.2) is 0 Å². The van der Waals surface area contributed by atoms with Gasteiger partial charge in [0.05, 0.1) is 6.10 Å². The molecule has 84 valence electrons. The minimum Gasteiger partial charge on any atom is -0.391 e. The smallest absolute Gasteiger partial charge is 0.186 e. The highest BCUT2D eigenvalue weighted by molar-refractivity contribution is 4.92. The molecule has 0 bridgehead atoms. The van der Waals surface area contributed by atoms with Crippen molar-refractivity contribution in [2.24, 2.45) is 0 Å². The van der Waals surface area contributed by atoms with Crippen LogP contribution in [0.5, 0.6) is 0 Å². The van der Waals surface area contributed by atoms with Gasteiger partial charge in [-0.05, 0) is 6.92 Å². The van der Waals surface area contributed by atoms with Crippen molar-refractivity contribution in [2.45, 2.75) is 43.7 Å². The van der Waals surface area contributed by atoms with Crippen molar-refractivity contribution in [1.82, 2.24) is 0 Å². The Morgan fingerprint density at radius 2 is 1.79 bits per heavy atom. The maximum atomic E-state index is 9.45. The highest BCUT2D eigenvalue weighted by Crippen LogP contribution is 2.25. The fourth-order valence-electron chi connectivity index (χ4n) is 1.42. The summed E-state index contributed by atoms with van der Waals surface area (Å²) >= 11 is 0. The molecule has 1 heterocycles. The standard InChI is InChI=1S/C8H16O6/c1-3(9)4(10)7-5(11)6(12)8(13-2)14-7/h3-12H,1-2H3/t3-,4-,5+,6-,7+,8+/m0/s1. The minimum atomic E-state index is -1.26. The Morgan fingerprint density at radius 3 is 2.14 bits per heavy atom. The Balaban J connectivity index is 2.64. The van der Waals surface area contributed by atoms with Crippen LogP contribution in [-0.2, 0) is 9.47 Å². The van der Waals surface area contributed by atoms with Crippen molar-refractivity contribution in [3.05, 3.63) is 0 Å². The molecule has 0 aromatic heterocycles. The molecule has 0 aromatic rings. The number of aliphatic hydroxyl groups excluding tert-OH is 4. The van der Waals surface area contributed by atoms with E-state index >= 15 is 0 Å². The summed E-state index contributed by atoms with van der Waals surface area (Å²) in [5.74, 6) is 0. The van der Waals surface area contributed by atoms with E-state index in [-0.39, 0.29) is 0 Å². The first-order valence-electron chi connectivity index (χ1n) is 4.39. The molecule has 0 unspecified atom stereocenters. The van der Waals surface area contributed by atoms with Crippen molar-refractivity contribution in [2.75, 3.05) is 7.11 Å². The topological polar surface area (TPSA) is 99.4 Å². The number of rotatable bonds is 3. The molecule has 0 spiro atoms. The molecule has 0 saturated carbocycles. The van der Waals surface area contributed by atoms with Crippen LogP contribution in [0, 0.1) is 0 Å². The number of hydrogen-bond acceptors (Lipinski definition) is 6. The third-order valence-electron chi connectivity index (χ3n) is 2.32. The first-order chi connectivity index (χ1) is 6.49. The molecular formula is C8H16O6. The molecule has 6 nitrogen and oxygen atoms in total. The van der Waals surface area contributed by atoms with Crippen LogP contribution >= 0.6 is 0 Å². The molecule has 6 heteroatoms. The average molecular weight is 208 g/mol. The number of methoxy groups -OCH3 is 1. The Labute approximate surface area is 81.7 Å². The summed E-state index contributed by atoms with van der Waals surface area (Å²) in [5, 5.41) is 37.3. The SMILES string of the molecule is CO[C@@H]1O[C@H]([C@@H](O)[C@H](C)O)[C@H](O)[C@@H]1O. The third-order valence-corrected chi connectivity index (χ3v) is 2.32. The fourth-order valence-corrected chi connectivity index (χ4v) is 1.42. The van der Waals surface area contributed by atoms with Gasteiger partial charge in [0.1, 0.15) is 24.4 Å². The lowest BCUT2D eigenvalue weighted by Crippen LogP contribution is -2.43. The molecule has 0 radical (unpaired) electrons. The lowest BCUT2D eigenvalue weighted by atomic mass is 10.0. The van der Waals surface area contributed by atoms with Crippen molar-refractivity contribution < 1.29 is 29.9 Å². The molecule has 0 amide bonds. The molecule has 0 aromatic carbocycles. The highest BCUT2D eigenvalue weighted by atomic mass is 16.7. The van der Waals surface area contributed by atoms with E-state index in [4.69, 9.17) is 14.6 Å². The summed E-state index contributed by atoms with van der Waals surface area (Å²) < 4.78 is 9.75. The zero-order chi connectivity index (χ0) is 10.9. The van der Waals surface area contributed by atoms with Gasteiger partial charge in [0.2, 0.25) is 0 Å². The van der Waals surface area contributed by atoms with Gasteiger partial charge in [0.25, 0.3) is 0 Å². The molecule has 1 aliphatic rings. The Kier molecular flexibility index (Phi) is 3.82. The molecule has 1 rings (SSSR count). The van der Waals surface area contributed by atoms with Crippen LogP contribution in [0.3, 0.4) is 0 Å². The third kappa shape index (κ3) is 2.05. The second kappa shape index (κ2) is 4.52. The predicted molar refractivity (Wildman–Crippen MR) is 45.4 cm³/mol. The Morgan fingerprint density at radius 1 is 1.21 bits per heavy atom. The largest absolute Gasteiger partial charge is 0.391 e. The van der Waals surface area contributed by atoms with Crippen LogP contribution in [0.4, 0.5) is 0 Å². The van der Waals surface area contributed by atoms with Gasteiger partial charge in [-0.1, -0.05) is 0 Å². The van der Waals surface area contributed by atoms with Gasteiger partial charge in [-0.15, -0.1) is 0 Å². The van der Waals surface area contributed by atoms with E-state index in [1.54, 1.807) is 0 Å². The molecule has 0 aliphatic carbocycles. The molecule has 1 fully saturated rings. The zero-order valence-electron chi connectivity index (χ0n) is 8.07. The average Bonchev–Trinajstić information content (AvgIpc) is 2.43. The monoisotopic (exact) mass is 208 g/mol. The van der Waals surface area contributed by atoms with Crippen LogP contribution in [-0.4, -0.2) is 64.3 Å². The van der Waals surface area contributed by atoms with Gasteiger partial charge >= 0.3 is 0 Å². The van der Waals surface area contributed by atoms with Gasteiger partial charge in [0, 0.05) is 7.11 Å². The number of aliphatic hydroxyl groups is 4. The molecular weight excluding hydrogens is 192 g/mol. The maximum Gasteiger partial charge on any atom is 0.186 e.